The van der Waals surface area contributed by atoms with Crippen molar-refractivity contribution >= 4 is 11.5 Å². The number of likely N-dealkylation sites (tertiary alicyclic amines) is 1. The second-order valence-electron chi connectivity index (χ2n) is 3.54. The van der Waals surface area contributed by atoms with Crippen LogP contribution in [-0.2, 0) is 0 Å². The number of nitriles is 1. The summed E-state index contributed by atoms with van der Waals surface area (Å²) in [6.45, 7) is 2.10. The zero-order chi connectivity index (χ0) is 9.80. The lowest BCUT2D eigenvalue weighted by Crippen LogP contribution is -2.32. The lowest BCUT2D eigenvalue weighted by Gasteiger charge is -2.29. The number of piperidine rings is 1. The number of rotatable bonds is 2. The molecule has 0 aliphatic carbocycles. The van der Waals surface area contributed by atoms with Crippen molar-refractivity contribution in [2.75, 3.05) is 13.1 Å². The Labute approximate surface area is 88.1 Å². The van der Waals surface area contributed by atoms with E-state index in [1.165, 1.54) is 30.8 Å². The van der Waals surface area contributed by atoms with E-state index in [4.69, 9.17) is 5.26 Å². The summed E-state index contributed by atoms with van der Waals surface area (Å²) in [4.78, 5) is 3.34. The van der Waals surface area contributed by atoms with E-state index in [1.807, 2.05) is 6.07 Å². The molecule has 4 heteroatoms. The minimum absolute atomic E-state index is 0.0669. The standard InChI is InChI=1S/C10H13N3S/c11-8-9(10-4-5-12-14-10)13-6-2-1-3-7-13/h4-5,9H,1-3,6-7H2. The van der Waals surface area contributed by atoms with Crippen molar-refractivity contribution in [1.29, 1.82) is 5.26 Å². The second kappa shape index (κ2) is 4.54. The topological polar surface area (TPSA) is 39.9 Å². The molecule has 3 nitrogen and oxygen atoms in total. The molecule has 1 unspecified atom stereocenters. The largest absolute Gasteiger partial charge is 0.284 e. The zero-order valence-corrected chi connectivity index (χ0v) is 8.83. The van der Waals surface area contributed by atoms with Crippen LogP contribution >= 0.6 is 11.5 Å². The molecular formula is C10H13N3S. The van der Waals surface area contributed by atoms with E-state index in [9.17, 15) is 0 Å². The van der Waals surface area contributed by atoms with Gasteiger partial charge in [0, 0.05) is 6.20 Å². The summed E-state index contributed by atoms with van der Waals surface area (Å²) in [5, 5.41) is 9.14. The maximum Gasteiger partial charge on any atom is 0.134 e. The smallest absolute Gasteiger partial charge is 0.134 e. The van der Waals surface area contributed by atoms with Gasteiger partial charge in [-0.05, 0) is 43.5 Å². The summed E-state index contributed by atoms with van der Waals surface area (Å²) >= 11 is 1.44. The van der Waals surface area contributed by atoms with Gasteiger partial charge < -0.3 is 0 Å². The van der Waals surface area contributed by atoms with Crippen molar-refractivity contribution in [2.45, 2.75) is 25.3 Å². The maximum absolute atomic E-state index is 9.14. The van der Waals surface area contributed by atoms with Gasteiger partial charge in [-0.2, -0.15) is 5.26 Å². The first-order valence-electron chi connectivity index (χ1n) is 4.96. The SMILES string of the molecule is N#CC(c1ccns1)N1CCCCC1. The van der Waals surface area contributed by atoms with Gasteiger partial charge in [-0.1, -0.05) is 6.42 Å². The summed E-state index contributed by atoms with van der Waals surface area (Å²) in [6.07, 6.45) is 5.51. The van der Waals surface area contributed by atoms with E-state index in [-0.39, 0.29) is 6.04 Å². The molecule has 0 aromatic carbocycles. The molecule has 0 saturated carbocycles. The maximum atomic E-state index is 9.14. The normalized spacial score (nSPS) is 20.2. The van der Waals surface area contributed by atoms with Crippen molar-refractivity contribution in [3.63, 3.8) is 0 Å². The Morgan fingerprint density at radius 1 is 1.43 bits per heavy atom. The molecule has 0 spiro atoms. The Morgan fingerprint density at radius 3 is 2.79 bits per heavy atom. The summed E-state index contributed by atoms with van der Waals surface area (Å²) in [5.74, 6) is 0. The number of hydrogen-bond acceptors (Lipinski definition) is 4. The Morgan fingerprint density at radius 2 is 2.21 bits per heavy atom. The predicted octanol–water partition coefficient (Wildman–Crippen LogP) is 2.19. The first-order valence-corrected chi connectivity index (χ1v) is 5.73. The molecule has 0 amide bonds. The molecule has 1 aromatic heterocycles. The highest BCUT2D eigenvalue weighted by Gasteiger charge is 2.22. The number of hydrogen-bond donors (Lipinski definition) is 0. The third-order valence-electron chi connectivity index (χ3n) is 2.61. The molecule has 0 N–H and O–H groups in total. The third kappa shape index (κ3) is 1.94. The molecule has 0 bridgehead atoms. The highest BCUT2D eigenvalue weighted by molar-refractivity contribution is 7.05. The van der Waals surface area contributed by atoms with Gasteiger partial charge in [0.2, 0.25) is 0 Å². The molecule has 74 valence electrons. The molecule has 2 heterocycles. The van der Waals surface area contributed by atoms with Crippen LogP contribution in [-0.4, -0.2) is 22.4 Å². The van der Waals surface area contributed by atoms with Gasteiger partial charge in [0.25, 0.3) is 0 Å². The van der Waals surface area contributed by atoms with E-state index >= 15 is 0 Å². The monoisotopic (exact) mass is 207 g/mol. The minimum Gasteiger partial charge on any atom is -0.284 e. The molecule has 2 rings (SSSR count). The molecule has 1 aliphatic heterocycles. The van der Waals surface area contributed by atoms with Gasteiger partial charge in [0.15, 0.2) is 0 Å². The molecule has 1 atom stereocenters. The van der Waals surface area contributed by atoms with Crippen molar-refractivity contribution in [3.8, 4) is 6.07 Å². The fraction of sp³-hybridized carbons (Fsp3) is 0.600. The van der Waals surface area contributed by atoms with Crippen molar-refractivity contribution in [1.82, 2.24) is 9.27 Å². The van der Waals surface area contributed by atoms with Crippen molar-refractivity contribution < 1.29 is 0 Å². The third-order valence-corrected chi connectivity index (χ3v) is 3.40. The average Bonchev–Trinajstić information content (AvgIpc) is 2.74. The van der Waals surface area contributed by atoms with Crippen LogP contribution in [0.5, 0.6) is 0 Å². The van der Waals surface area contributed by atoms with Gasteiger partial charge in [-0.15, -0.1) is 0 Å². The molecule has 1 saturated heterocycles. The predicted molar refractivity (Wildman–Crippen MR) is 55.9 cm³/mol. The van der Waals surface area contributed by atoms with Crippen LogP contribution in [0, 0.1) is 11.3 Å². The van der Waals surface area contributed by atoms with E-state index in [0.717, 1.165) is 18.0 Å². The second-order valence-corrected chi connectivity index (χ2v) is 4.41. The Balaban J connectivity index is 2.09. The van der Waals surface area contributed by atoms with E-state index in [1.54, 1.807) is 6.20 Å². The van der Waals surface area contributed by atoms with Crippen LogP contribution < -0.4 is 0 Å². The highest BCUT2D eigenvalue weighted by Crippen LogP contribution is 2.25. The number of aromatic nitrogens is 1. The van der Waals surface area contributed by atoms with Gasteiger partial charge in [0.05, 0.1) is 10.9 Å². The van der Waals surface area contributed by atoms with Crippen LogP contribution in [0.1, 0.15) is 30.2 Å². The molecule has 1 aromatic rings. The molecular weight excluding hydrogens is 194 g/mol. The average molecular weight is 207 g/mol. The Kier molecular flexibility index (Phi) is 3.12. The lowest BCUT2D eigenvalue weighted by molar-refractivity contribution is 0.198. The summed E-state index contributed by atoms with van der Waals surface area (Å²) in [6, 6.07) is 4.26. The molecule has 1 aliphatic rings. The lowest BCUT2D eigenvalue weighted by atomic mass is 10.1. The highest BCUT2D eigenvalue weighted by atomic mass is 32.1. The van der Waals surface area contributed by atoms with Crippen LogP contribution in [0.4, 0.5) is 0 Å². The first-order chi connectivity index (χ1) is 6.92. The van der Waals surface area contributed by atoms with Gasteiger partial charge in [-0.3, -0.25) is 4.90 Å². The molecule has 14 heavy (non-hydrogen) atoms. The Hall–Kier alpha value is -0.920. The van der Waals surface area contributed by atoms with E-state index in [2.05, 4.69) is 15.3 Å². The van der Waals surface area contributed by atoms with Crippen LogP contribution in [0.25, 0.3) is 0 Å². The summed E-state index contributed by atoms with van der Waals surface area (Å²) < 4.78 is 4.05. The molecule has 1 fully saturated rings. The Bertz CT molecular complexity index is 309. The summed E-state index contributed by atoms with van der Waals surface area (Å²) in [5.41, 5.74) is 0. The van der Waals surface area contributed by atoms with Crippen molar-refractivity contribution in [3.05, 3.63) is 17.1 Å². The van der Waals surface area contributed by atoms with Gasteiger partial charge in [-0.25, -0.2) is 4.37 Å². The zero-order valence-electron chi connectivity index (χ0n) is 8.02. The minimum atomic E-state index is -0.0669. The van der Waals surface area contributed by atoms with Crippen molar-refractivity contribution in [2.24, 2.45) is 0 Å². The van der Waals surface area contributed by atoms with Crippen LogP contribution in [0.15, 0.2) is 12.3 Å². The van der Waals surface area contributed by atoms with Crippen LogP contribution in [0.2, 0.25) is 0 Å². The molecule has 0 radical (unpaired) electrons. The first kappa shape index (κ1) is 9.63. The van der Waals surface area contributed by atoms with Gasteiger partial charge >= 0.3 is 0 Å². The fourth-order valence-corrected chi connectivity index (χ4v) is 2.54. The van der Waals surface area contributed by atoms with E-state index < -0.39 is 0 Å². The van der Waals surface area contributed by atoms with Crippen LogP contribution in [0.3, 0.4) is 0 Å². The quantitative estimate of drug-likeness (QED) is 0.746. The number of nitrogens with zero attached hydrogens (tertiary/aromatic N) is 3. The fourth-order valence-electron chi connectivity index (χ4n) is 1.87. The van der Waals surface area contributed by atoms with E-state index in [0.29, 0.717) is 0 Å². The summed E-state index contributed by atoms with van der Waals surface area (Å²) in [7, 11) is 0. The van der Waals surface area contributed by atoms with Gasteiger partial charge in [0.1, 0.15) is 6.04 Å².